The number of carboxylic acid groups (broad SMARTS) is 1. The van der Waals surface area contributed by atoms with E-state index in [9.17, 15) is 24.3 Å². The van der Waals surface area contributed by atoms with Gasteiger partial charge in [-0.15, -0.1) is 0 Å². The molecule has 0 radical (unpaired) electrons. The third-order valence-electron chi connectivity index (χ3n) is 13.0. The second-order valence-corrected chi connectivity index (χ2v) is 20.4. The molecule has 380 valence electrons. The van der Waals surface area contributed by atoms with Crippen molar-refractivity contribution in [1.82, 2.24) is 30.2 Å². The first-order chi connectivity index (χ1) is 33.0. The van der Waals surface area contributed by atoms with Crippen LogP contribution in [0.3, 0.4) is 0 Å². The van der Waals surface area contributed by atoms with Crippen molar-refractivity contribution in [3.63, 3.8) is 0 Å². The molecule has 3 fully saturated rings. The van der Waals surface area contributed by atoms with Crippen molar-refractivity contribution < 1.29 is 56.4 Å². The molecule has 70 heavy (non-hydrogen) atoms. The van der Waals surface area contributed by atoms with E-state index in [4.69, 9.17) is 23.9 Å². The lowest BCUT2D eigenvalue weighted by Crippen LogP contribution is -2.60. The van der Waals surface area contributed by atoms with Crippen molar-refractivity contribution in [1.29, 1.82) is 0 Å². The normalized spacial score (nSPS) is 19.1. The number of rotatable bonds is 15. The van der Waals surface area contributed by atoms with Gasteiger partial charge < -0.3 is 38.8 Å². The van der Waals surface area contributed by atoms with Gasteiger partial charge in [0.05, 0.1) is 55.2 Å². The number of benzene rings is 2. The number of fused-ring (bicyclic) bond motifs is 2. The summed E-state index contributed by atoms with van der Waals surface area (Å²) >= 11 is 0. The van der Waals surface area contributed by atoms with Crippen LogP contribution in [0.1, 0.15) is 84.2 Å². The van der Waals surface area contributed by atoms with Gasteiger partial charge >= 0.3 is 24.2 Å². The van der Waals surface area contributed by atoms with Crippen molar-refractivity contribution in [2.45, 2.75) is 117 Å². The van der Waals surface area contributed by atoms with Gasteiger partial charge in [0.1, 0.15) is 24.2 Å². The number of hydrogen-bond donors (Lipinski definition) is 3. The molecular formula is C51H66F3N7O9. The van der Waals surface area contributed by atoms with Gasteiger partial charge in [-0.05, 0) is 87.4 Å². The highest BCUT2D eigenvalue weighted by molar-refractivity contribution is 5.96. The van der Waals surface area contributed by atoms with Gasteiger partial charge in [-0.2, -0.15) is 13.2 Å². The Kier molecular flexibility index (Phi) is 15.8. The summed E-state index contributed by atoms with van der Waals surface area (Å²) in [5.74, 6) is -2.13. The number of halogens is 3. The van der Waals surface area contributed by atoms with Crippen LogP contribution in [0.2, 0.25) is 0 Å². The second kappa shape index (κ2) is 21.3. The van der Waals surface area contributed by atoms with Crippen molar-refractivity contribution in [3.8, 4) is 22.4 Å². The number of methoxy groups -OCH3 is 1. The van der Waals surface area contributed by atoms with Gasteiger partial charge in [-0.1, -0.05) is 44.2 Å². The predicted octanol–water partition coefficient (Wildman–Crippen LogP) is 7.31. The lowest BCUT2D eigenvalue weighted by atomic mass is 9.84. The van der Waals surface area contributed by atoms with Crippen molar-refractivity contribution in [3.05, 3.63) is 71.5 Å². The first-order valence-corrected chi connectivity index (χ1v) is 23.8. The van der Waals surface area contributed by atoms with E-state index in [2.05, 4.69) is 20.5 Å². The van der Waals surface area contributed by atoms with Crippen LogP contribution >= 0.6 is 0 Å². The summed E-state index contributed by atoms with van der Waals surface area (Å²) in [7, 11) is 1.53. The number of nitrogens with one attached hydrogen (secondary N) is 2. The number of carbonyl (C=O) groups excluding carboxylic acids is 3. The number of pyridine rings is 1. The Balaban J connectivity index is 1.35. The van der Waals surface area contributed by atoms with E-state index in [0.717, 1.165) is 18.8 Å². The number of ether oxygens (including phenoxy) is 4. The van der Waals surface area contributed by atoms with Crippen molar-refractivity contribution in [2.75, 3.05) is 64.6 Å². The topological polar surface area (TPSA) is 177 Å². The zero-order valence-electron chi connectivity index (χ0n) is 41.3. The number of hydrazine groups is 1. The molecule has 16 nitrogen and oxygen atoms in total. The van der Waals surface area contributed by atoms with Crippen LogP contribution < -0.4 is 15.6 Å². The van der Waals surface area contributed by atoms with Crippen molar-refractivity contribution >= 4 is 40.5 Å². The number of esters is 1. The van der Waals surface area contributed by atoms with E-state index in [0.29, 0.717) is 89.3 Å². The Hall–Kier alpha value is -5.76. The molecule has 0 bridgehead atoms. The predicted molar refractivity (Wildman–Crippen MR) is 257 cm³/mol. The third-order valence-corrected chi connectivity index (χ3v) is 13.0. The number of aliphatic carboxylic acids is 1. The third kappa shape index (κ3) is 12.8. The van der Waals surface area contributed by atoms with Crippen molar-refractivity contribution in [2.24, 2.45) is 5.41 Å². The van der Waals surface area contributed by atoms with E-state index in [-0.39, 0.29) is 32.0 Å². The first kappa shape index (κ1) is 52.1. The maximum Gasteiger partial charge on any atom is 0.408 e. The number of nitrogens with zero attached hydrogens (tertiary/aromatic N) is 5. The SMILES string of the molecule is CO[C@@H](C)c1ncc(N2CCN3CCOC[C@@H]3C2)cc1-c1c(CC(C)(C)COC(C)=O)c2cc(-c3cccc(C[C@H](NC(=O)OC(C)(C)C)C(=O)N4CCC[C@@H](C(=O)O)N4)c3)ccc2n1CC(F)(F)F. The van der Waals surface area contributed by atoms with Crippen LogP contribution in [0.25, 0.3) is 33.3 Å². The highest BCUT2D eigenvalue weighted by Crippen LogP contribution is 2.44. The summed E-state index contributed by atoms with van der Waals surface area (Å²) in [6.07, 6.45) is -3.33. The number of hydrogen-bond acceptors (Lipinski definition) is 12. The number of morpholine rings is 1. The van der Waals surface area contributed by atoms with Gasteiger partial charge in [0.25, 0.3) is 5.91 Å². The summed E-state index contributed by atoms with van der Waals surface area (Å²) in [4.78, 5) is 60.8. The summed E-state index contributed by atoms with van der Waals surface area (Å²) in [6, 6.07) is 12.5. The summed E-state index contributed by atoms with van der Waals surface area (Å²) in [6.45, 7) is 15.2. The maximum absolute atomic E-state index is 15.0. The fourth-order valence-electron chi connectivity index (χ4n) is 9.58. The van der Waals surface area contributed by atoms with Gasteiger partial charge in [0.2, 0.25) is 0 Å². The van der Waals surface area contributed by atoms with E-state index < -0.39 is 65.9 Å². The maximum atomic E-state index is 15.0. The Labute approximate surface area is 406 Å². The molecular weight excluding hydrogens is 912 g/mol. The van der Waals surface area contributed by atoms with Gasteiger partial charge in [-0.3, -0.25) is 29.3 Å². The average Bonchev–Trinajstić information content (AvgIpc) is 3.58. The lowest BCUT2D eigenvalue weighted by molar-refractivity contribution is -0.148. The molecule has 0 aliphatic carbocycles. The molecule has 3 N–H and O–H groups in total. The molecule has 0 saturated carbocycles. The molecule has 3 saturated heterocycles. The quantitative estimate of drug-likeness (QED) is 0.101. The van der Waals surface area contributed by atoms with Crippen LogP contribution in [0.4, 0.5) is 23.7 Å². The number of carbonyl (C=O) groups is 4. The minimum Gasteiger partial charge on any atom is -0.480 e. The van der Waals surface area contributed by atoms with Gasteiger partial charge in [0.15, 0.2) is 0 Å². The highest BCUT2D eigenvalue weighted by atomic mass is 19.4. The van der Waals surface area contributed by atoms with E-state index in [1.54, 1.807) is 51.2 Å². The van der Waals surface area contributed by atoms with Gasteiger partial charge in [-0.25, -0.2) is 10.2 Å². The largest absolute Gasteiger partial charge is 0.480 e. The number of amides is 2. The number of alkyl carbamates (subject to hydrolysis) is 1. The minimum absolute atomic E-state index is 0.00159. The average molecular weight is 978 g/mol. The first-order valence-electron chi connectivity index (χ1n) is 23.8. The number of alkyl halides is 3. The van der Waals surface area contributed by atoms with Crippen LogP contribution in [0, 0.1) is 5.41 Å². The molecule has 5 heterocycles. The number of carboxylic acids is 1. The molecule has 4 aromatic rings. The Morgan fingerprint density at radius 2 is 1.76 bits per heavy atom. The number of anilines is 1. The minimum atomic E-state index is -4.63. The molecule has 2 aromatic heterocycles. The molecule has 2 amide bonds. The van der Waals surface area contributed by atoms with E-state index >= 15 is 13.2 Å². The monoisotopic (exact) mass is 977 g/mol. The number of aromatic nitrogens is 2. The highest BCUT2D eigenvalue weighted by Gasteiger charge is 2.37. The van der Waals surface area contributed by atoms with Crippen LogP contribution in [-0.4, -0.2) is 138 Å². The van der Waals surface area contributed by atoms with Crippen LogP contribution in [-0.2, 0) is 52.7 Å². The molecule has 7 rings (SSSR count). The zero-order valence-corrected chi connectivity index (χ0v) is 41.3. The standard InChI is InChI=1S/C51H66F3N7O9/c1-31(67-8)44-39(24-36(26-55-44)59-18-17-58-19-20-68-28-37(58)27-59)45-40(25-50(6,7)30-69-32(2)62)38-23-35(14-15-43(38)60(45)29-51(52,53)54)34-12-9-11-33(21-34)22-42(56-48(66)70-49(3,4)5)46(63)61-16-10-13-41(57-61)47(64)65/h9,11-12,14-15,21,23-24,26,31,37,41-42,57H,10,13,16-20,22,25,27-30H2,1-8H3,(H,56,66)(H,64,65)/t31-,37-,41-,42-/m0/s1. The smallest absolute Gasteiger partial charge is 0.408 e. The van der Waals surface area contributed by atoms with Gasteiger partial charge in [0, 0.05) is 75.1 Å². The van der Waals surface area contributed by atoms with E-state index in [1.165, 1.54) is 23.6 Å². The van der Waals surface area contributed by atoms with Crippen LogP contribution in [0.15, 0.2) is 54.7 Å². The molecule has 0 spiro atoms. The Morgan fingerprint density at radius 1 is 1.00 bits per heavy atom. The summed E-state index contributed by atoms with van der Waals surface area (Å²) in [5.41, 5.74) is 6.12. The second-order valence-electron chi connectivity index (χ2n) is 20.4. The Bertz CT molecular complexity index is 2560. The molecule has 2 aromatic carbocycles. The van der Waals surface area contributed by atoms with Crippen LogP contribution in [0.5, 0.6) is 0 Å². The fraction of sp³-hybridized carbons (Fsp3) is 0.549. The molecule has 3 aliphatic heterocycles. The molecule has 3 aliphatic rings. The van der Waals surface area contributed by atoms with E-state index in [1.807, 2.05) is 45.0 Å². The zero-order chi connectivity index (χ0) is 50.7. The fourth-order valence-corrected chi connectivity index (χ4v) is 9.58. The summed E-state index contributed by atoms with van der Waals surface area (Å²) in [5, 5.41) is 14.2. The number of piperazine rings is 1. The molecule has 19 heteroatoms. The molecule has 0 unspecified atom stereocenters. The lowest BCUT2D eigenvalue weighted by Gasteiger charge is -2.44. The summed E-state index contributed by atoms with van der Waals surface area (Å²) < 4.78 is 69.1. The Morgan fingerprint density at radius 3 is 2.46 bits per heavy atom. The molecule has 4 atom stereocenters.